The van der Waals surface area contributed by atoms with Gasteiger partial charge in [-0.3, -0.25) is 14.2 Å². The van der Waals surface area contributed by atoms with Gasteiger partial charge in [0, 0.05) is 17.8 Å². The maximum Gasteiger partial charge on any atom is 0.253 e. The molecule has 0 aliphatic carbocycles. The van der Waals surface area contributed by atoms with Crippen molar-refractivity contribution in [2.75, 3.05) is 0 Å². The van der Waals surface area contributed by atoms with Crippen LogP contribution in [0.1, 0.15) is 34.0 Å². The Morgan fingerprint density at radius 2 is 1.75 bits per heavy atom. The highest BCUT2D eigenvalue weighted by Crippen LogP contribution is 2.16. The average molecular weight is 318 g/mol. The van der Waals surface area contributed by atoms with E-state index < -0.39 is 0 Å². The Kier molecular flexibility index (Phi) is 4.66. The van der Waals surface area contributed by atoms with Crippen molar-refractivity contribution in [1.29, 1.82) is 0 Å². The minimum atomic E-state index is -0.108. The van der Waals surface area contributed by atoms with Crippen molar-refractivity contribution in [1.82, 2.24) is 9.55 Å². The molecule has 1 aromatic heterocycles. The van der Waals surface area contributed by atoms with Crippen LogP contribution in [0, 0.1) is 0 Å². The molecule has 2 aromatic carbocycles. The van der Waals surface area contributed by atoms with Gasteiger partial charge in [-0.1, -0.05) is 36.4 Å². The van der Waals surface area contributed by atoms with E-state index in [1.54, 1.807) is 6.92 Å². The van der Waals surface area contributed by atoms with Gasteiger partial charge in [0.1, 0.15) is 0 Å². The maximum atomic E-state index is 11.9. The molecule has 120 valence electrons. The molecule has 0 fully saturated rings. The molecule has 0 spiro atoms. The van der Waals surface area contributed by atoms with Crippen LogP contribution in [0.5, 0.6) is 0 Å². The first-order valence-electron chi connectivity index (χ1n) is 7.80. The normalized spacial score (nSPS) is 10.5. The molecule has 24 heavy (non-hydrogen) atoms. The lowest BCUT2D eigenvalue weighted by Gasteiger charge is -2.10. The monoisotopic (exact) mass is 318 g/mol. The van der Waals surface area contributed by atoms with Crippen LogP contribution in [0.2, 0.25) is 0 Å². The van der Waals surface area contributed by atoms with Crippen molar-refractivity contribution in [2.24, 2.45) is 0 Å². The number of benzene rings is 2. The Balaban J connectivity index is 1.95. The molecule has 0 bridgehead atoms. The Bertz CT molecular complexity index is 914. The van der Waals surface area contributed by atoms with Crippen molar-refractivity contribution in [3.05, 3.63) is 99.7 Å². The van der Waals surface area contributed by atoms with E-state index in [1.165, 1.54) is 28.7 Å². The predicted octanol–water partition coefficient (Wildman–Crippen LogP) is 3.09. The molecule has 0 aliphatic rings. The number of aromatic nitrogens is 2. The lowest BCUT2D eigenvalue weighted by Crippen LogP contribution is -2.19. The van der Waals surface area contributed by atoms with Gasteiger partial charge in [0.15, 0.2) is 5.78 Å². The van der Waals surface area contributed by atoms with Gasteiger partial charge < -0.3 is 0 Å². The fraction of sp³-hybridized carbons (Fsp3) is 0.150. The maximum absolute atomic E-state index is 11.9. The number of ketones is 1. The standard InChI is InChI=1S/C20H18N2O2/c1-15(23)19-11-17(9-16-5-3-2-4-6-16)10-18(12-19)13-22-14-21-8-7-20(22)24/h2-8,10-12,14H,9,13H2,1H3. The van der Waals surface area contributed by atoms with Crippen molar-refractivity contribution >= 4 is 5.78 Å². The molecule has 4 heteroatoms. The molecule has 1 heterocycles. The lowest BCUT2D eigenvalue weighted by molar-refractivity contribution is 0.101. The zero-order valence-electron chi connectivity index (χ0n) is 13.5. The minimum Gasteiger partial charge on any atom is -0.295 e. The summed E-state index contributed by atoms with van der Waals surface area (Å²) < 4.78 is 1.53. The first kappa shape index (κ1) is 15.9. The fourth-order valence-electron chi connectivity index (χ4n) is 2.68. The molecule has 0 amide bonds. The molecule has 0 atom stereocenters. The molecule has 0 aliphatic heterocycles. The number of carbonyl (C=O) groups excluding carboxylic acids is 1. The summed E-state index contributed by atoms with van der Waals surface area (Å²) in [5, 5.41) is 0. The molecule has 0 unspecified atom stereocenters. The van der Waals surface area contributed by atoms with Crippen LogP contribution in [0.15, 0.2) is 71.9 Å². The average Bonchev–Trinajstić information content (AvgIpc) is 2.58. The summed E-state index contributed by atoms with van der Waals surface area (Å²) in [6.07, 6.45) is 3.74. The number of Topliss-reactive ketones (excluding diaryl/α,β-unsaturated/α-hetero) is 1. The molecule has 3 rings (SSSR count). The Labute approximate surface area is 140 Å². The van der Waals surface area contributed by atoms with E-state index in [1.807, 2.05) is 36.4 Å². The zero-order chi connectivity index (χ0) is 16.9. The molecule has 0 N–H and O–H groups in total. The minimum absolute atomic E-state index is 0.0182. The first-order valence-corrected chi connectivity index (χ1v) is 7.80. The number of hydrogen-bond donors (Lipinski definition) is 0. The second-order valence-electron chi connectivity index (χ2n) is 5.80. The van der Waals surface area contributed by atoms with E-state index in [0.29, 0.717) is 12.1 Å². The lowest BCUT2D eigenvalue weighted by atomic mass is 9.98. The topological polar surface area (TPSA) is 52.0 Å². The predicted molar refractivity (Wildman–Crippen MR) is 93.3 cm³/mol. The highest BCUT2D eigenvalue weighted by molar-refractivity contribution is 5.94. The summed E-state index contributed by atoms with van der Waals surface area (Å²) in [6.45, 7) is 1.96. The molecule has 0 saturated heterocycles. The van der Waals surface area contributed by atoms with Crippen LogP contribution in [-0.2, 0) is 13.0 Å². The number of hydrogen-bond acceptors (Lipinski definition) is 3. The van der Waals surface area contributed by atoms with E-state index in [4.69, 9.17) is 0 Å². The largest absolute Gasteiger partial charge is 0.295 e. The summed E-state index contributed by atoms with van der Waals surface area (Å²) in [5.41, 5.74) is 3.71. The summed E-state index contributed by atoms with van der Waals surface area (Å²) in [5.74, 6) is 0.0182. The van der Waals surface area contributed by atoms with E-state index in [-0.39, 0.29) is 11.3 Å². The van der Waals surface area contributed by atoms with Crippen molar-refractivity contribution in [3.8, 4) is 0 Å². The smallest absolute Gasteiger partial charge is 0.253 e. The first-order chi connectivity index (χ1) is 11.6. The molecule has 0 radical (unpaired) electrons. The molecule has 3 aromatic rings. The number of rotatable bonds is 5. The molecular formula is C20H18N2O2. The third-order valence-corrected chi connectivity index (χ3v) is 3.86. The van der Waals surface area contributed by atoms with E-state index >= 15 is 0 Å². The van der Waals surface area contributed by atoms with Gasteiger partial charge in [-0.05, 0) is 42.2 Å². The zero-order valence-corrected chi connectivity index (χ0v) is 13.5. The second kappa shape index (κ2) is 7.04. The van der Waals surface area contributed by atoms with Crippen LogP contribution in [0.25, 0.3) is 0 Å². The van der Waals surface area contributed by atoms with Crippen LogP contribution >= 0.6 is 0 Å². The highest BCUT2D eigenvalue weighted by Gasteiger charge is 2.07. The summed E-state index contributed by atoms with van der Waals surface area (Å²) >= 11 is 0. The summed E-state index contributed by atoms with van der Waals surface area (Å²) in [6, 6.07) is 17.3. The van der Waals surface area contributed by atoms with Gasteiger partial charge in [0.25, 0.3) is 5.56 Å². The van der Waals surface area contributed by atoms with Crippen LogP contribution < -0.4 is 5.56 Å². The summed E-state index contributed by atoms with van der Waals surface area (Å²) in [7, 11) is 0. The SMILES string of the molecule is CC(=O)c1cc(Cc2ccccc2)cc(Cn2cnccc2=O)c1. The third kappa shape index (κ3) is 3.84. The van der Waals surface area contributed by atoms with Crippen molar-refractivity contribution < 1.29 is 4.79 Å². The number of carbonyl (C=O) groups is 1. The van der Waals surface area contributed by atoms with Gasteiger partial charge >= 0.3 is 0 Å². The van der Waals surface area contributed by atoms with Gasteiger partial charge in [-0.2, -0.15) is 0 Å². The van der Waals surface area contributed by atoms with Gasteiger partial charge in [-0.15, -0.1) is 0 Å². The van der Waals surface area contributed by atoms with Crippen molar-refractivity contribution in [2.45, 2.75) is 19.9 Å². The van der Waals surface area contributed by atoms with Gasteiger partial charge in [0.2, 0.25) is 0 Å². The quantitative estimate of drug-likeness (QED) is 0.679. The molecule has 4 nitrogen and oxygen atoms in total. The Morgan fingerprint density at radius 3 is 2.46 bits per heavy atom. The molecule has 0 saturated carbocycles. The number of nitrogens with zero attached hydrogens (tertiary/aromatic N) is 2. The fourth-order valence-corrected chi connectivity index (χ4v) is 2.68. The van der Waals surface area contributed by atoms with Crippen LogP contribution in [-0.4, -0.2) is 15.3 Å². The second-order valence-corrected chi connectivity index (χ2v) is 5.80. The van der Waals surface area contributed by atoms with Gasteiger partial charge in [-0.25, -0.2) is 4.98 Å². The summed E-state index contributed by atoms with van der Waals surface area (Å²) in [4.78, 5) is 27.7. The molecular weight excluding hydrogens is 300 g/mol. The van der Waals surface area contributed by atoms with Crippen molar-refractivity contribution in [3.63, 3.8) is 0 Å². The highest BCUT2D eigenvalue weighted by atomic mass is 16.1. The van der Waals surface area contributed by atoms with E-state index in [0.717, 1.165) is 17.5 Å². The Morgan fingerprint density at radius 1 is 1.00 bits per heavy atom. The van der Waals surface area contributed by atoms with E-state index in [2.05, 4.69) is 17.1 Å². The van der Waals surface area contributed by atoms with Gasteiger partial charge in [0.05, 0.1) is 12.9 Å². The van der Waals surface area contributed by atoms with Crippen LogP contribution in [0.3, 0.4) is 0 Å². The van der Waals surface area contributed by atoms with Crippen LogP contribution in [0.4, 0.5) is 0 Å². The Hall–Kier alpha value is -3.01. The third-order valence-electron chi connectivity index (χ3n) is 3.86. The van der Waals surface area contributed by atoms with E-state index in [9.17, 15) is 9.59 Å².